The van der Waals surface area contributed by atoms with Crippen LogP contribution in [0.5, 0.6) is 0 Å². The van der Waals surface area contributed by atoms with Crippen LogP contribution in [0.1, 0.15) is 39.2 Å². The summed E-state index contributed by atoms with van der Waals surface area (Å²) in [5.74, 6) is -0.217. The molecule has 1 fully saturated rings. The maximum atomic E-state index is 12.4. The van der Waals surface area contributed by atoms with E-state index in [0.29, 0.717) is 13.0 Å². The van der Waals surface area contributed by atoms with E-state index in [9.17, 15) is 9.59 Å². The highest BCUT2D eigenvalue weighted by atomic mass is 16.6. The van der Waals surface area contributed by atoms with Crippen LogP contribution in [0, 0.1) is 0 Å². The number of hydrogen-bond acceptors (Lipinski definition) is 5. The Morgan fingerprint density at radius 1 is 1.32 bits per heavy atom. The van der Waals surface area contributed by atoms with Gasteiger partial charge in [0.25, 0.3) is 0 Å². The van der Waals surface area contributed by atoms with Crippen LogP contribution in [0.15, 0.2) is 41.0 Å². The molecule has 1 amide bonds. The summed E-state index contributed by atoms with van der Waals surface area (Å²) < 4.78 is 10.8. The number of carbonyl (C=O) groups is 2. The van der Waals surface area contributed by atoms with Crippen molar-refractivity contribution in [3.05, 3.63) is 41.6 Å². The van der Waals surface area contributed by atoms with E-state index in [4.69, 9.17) is 9.47 Å². The first-order valence-corrected chi connectivity index (χ1v) is 8.40. The molecule has 0 saturated carbocycles. The fraction of sp³-hybridized carbons (Fsp3) is 0.421. The van der Waals surface area contributed by atoms with Crippen molar-refractivity contribution in [3.8, 4) is 0 Å². The molecule has 1 aromatic rings. The lowest BCUT2D eigenvalue weighted by Crippen LogP contribution is -2.43. The van der Waals surface area contributed by atoms with Gasteiger partial charge in [0.2, 0.25) is 5.90 Å². The van der Waals surface area contributed by atoms with Crippen molar-refractivity contribution in [2.75, 3.05) is 6.54 Å². The van der Waals surface area contributed by atoms with Crippen LogP contribution in [0.2, 0.25) is 0 Å². The standard InChI is InChI=1S/C19H22N2O4/c1-19(2,3)25-18(23)21-11-7-10-15(21)16-20-14(17(22)24-16)12-13-8-5-4-6-9-13/h4-6,8-9,12,15H,7,10-11H2,1-3H3/b14-12-/t15-/m0/s1. The molecule has 1 atom stereocenters. The van der Waals surface area contributed by atoms with Crippen molar-refractivity contribution in [1.29, 1.82) is 0 Å². The Kier molecular flexibility index (Phi) is 4.61. The number of benzene rings is 1. The topological polar surface area (TPSA) is 68.2 Å². The van der Waals surface area contributed by atoms with Crippen LogP contribution in [0.4, 0.5) is 4.79 Å². The SMILES string of the molecule is CC(C)(C)OC(=O)N1CCC[C@H]1C1=N/C(=C\c2ccccc2)C(=O)O1. The Balaban J connectivity index is 1.79. The Morgan fingerprint density at radius 3 is 2.72 bits per heavy atom. The summed E-state index contributed by atoms with van der Waals surface area (Å²) >= 11 is 0. The molecule has 2 aliphatic rings. The van der Waals surface area contributed by atoms with Gasteiger partial charge in [-0.3, -0.25) is 4.90 Å². The van der Waals surface area contributed by atoms with E-state index in [0.717, 1.165) is 12.0 Å². The largest absolute Gasteiger partial charge is 0.444 e. The highest BCUT2D eigenvalue weighted by molar-refractivity contribution is 6.09. The Morgan fingerprint density at radius 2 is 2.04 bits per heavy atom. The van der Waals surface area contributed by atoms with Crippen molar-refractivity contribution < 1.29 is 19.1 Å². The minimum Gasteiger partial charge on any atom is -0.444 e. The number of amides is 1. The molecule has 2 heterocycles. The third-order valence-electron chi connectivity index (χ3n) is 3.91. The van der Waals surface area contributed by atoms with Crippen LogP contribution in [-0.2, 0) is 14.3 Å². The quantitative estimate of drug-likeness (QED) is 0.610. The molecule has 132 valence electrons. The molecule has 3 rings (SSSR count). The first-order chi connectivity index (χ1) is 11.8. The molecule has 2 aliphatic heterocycles. The van der Waals surface area contributed by atoms with Gasteiger partial charge in [0.1, 0.15) is 11.6 Å². The molecule has 6 heteroatoms. The molecule has 0 aliphatic carbocycles. The Labute approximate surface area is 147 Å². The third-order valence-corrected chi connectivity index (χ3v) is 3.91. The zero-order chi connectivity index (χ0) is 18.0. The minimum atomic E-state index is -0.573. The molecule has 0 spiro atoms. The first-order valence-electron chi connectivity index (χ1n) is 8.40. The van der Waals surface area contributed by atoms with Gasteiger partial charge in [-0.15, -0.1) is 0 Å². The first kappa shape index (κ1) is 17.2. The fourth-order valence-corrected chi connectivity index (χ4v) is 2.84. The van der Waals surface area contributed by atoms with Crippen LogP contribution >= 0.6 is 0 Å². The number of nitrogens with zero attached hydrogens (tertiary/aromatic N) is 2. The predicted molar refractivity (Wildman–Crippen MR) is 93.9 cm³/mol. The molecule has 0 aromatic heterocycles. The van der Waals surface area contributed by atoms with Crippen molar-refractivity contribution in [3.63, 3.8) is 0 Å². The molecule has 25 heavy (non-hydrogen) atoms. The highest BCUT2D eigenvalue weighted by Crippen LogP contribution is 2.26. The number of hydrogen-bond donors (Lipinski definition) is 0. The fourth-order valence-electron chi connectivity index (χ4n) is 2.84. The van der Waals surface area contributed by atoms with Gasteiger partial charge in [-0.25, -0.2) is 14.6 Å². The van der Waals surface area contributed by atoms with E-state index in [1.54, 1.807) is 11.0 Å². The third kappa shape index (κ3) is 4.07. The average Bonchev–Trinajstić information content (AvgIpc) is 3.14. The van der Waals surface area contributed by atoms with Gasteiger partial charge in [-0.2, -0.15) is 0 Å². The van der Waals surface area contributed by atoms with E-state index in [1.165, 1.54) is 0 Å². The van der Waals surface area contributed by atoms with Gasteiger partial charge in [0.15, 0.2) is 5.70 Å². The van der Waals surface area contributed by atoms with Crippen LogP contribution in [-0.4, -0.2) is 41.0 Å². The second-order valence-corrected chi connectivity index (χ2v) is 7.11. The van der Waals surface area contributed by atoms with Crippen molar-refractivity contribution in [2.24, 2.45) is 4.99 Å². The monoisotopic (exact) mass is 342 g/mol. The summed E-state index contributed by atoms with van der Waals surface area (Å²) in [5, 5.41) is 0. The van der Waals surface area contributed by atoms with Gasteiger partial charge in [0, 0.05) is 6.54 Å². The summed E-state index contributed by atoms with van der Waals surface area (Å²) in [6.45, 7) is 6.03. The zero-order valence-electron chi connectivity index (χ0n) is 14.7. The maximum absolute atomic E-state index is 12.4. The molecular weight excluding hydrogens is 320 g/mol. The molecule has 1 aromatic carbocycles. The van der Waals surface area contributed by atoms with Crippen LogP contribution in [0.25, 0.3) is 6.08 Å². The highest BCUT2D eigenvalue weighted by Gasteiger charge is 2.39. The van der Waals surface area contributed by atoms with E-state index in [1.807, 2.05) is 51.1 Å². The second-order valence-electron chi connectivity index (χ2n) is 7.11. The van der Waals surface area contributed by atoms with E-state index in [2.05, 4.69) is 4.99 Å². The molecule has 6 nitrogen and oxygen atoms in total. The normalized spacial score (nSPS) is 22.1. The zero-order valence-corrected chi connectivity index (χ0v) is 14.7. The minimum absolute atomic E-state index is 0.247. The van der Waals surface area contributed by atoms with Crippen LogP contribution in [0.3, 0.4) is 0 Å². The Bertz CT molecular complexity index is 732. The average molecular weight is 342 g/mol. The molecule has 0 bridgehead atoms. The molecule has 1 saturated heterocycles. The van der Waals surface area contributed by atoms with Gasteiger partial charge in [0.05, 0.1) is 0 Å². The van der Waals surface area contributed by atoms with Crippen molar-refractivity contribution >= 4 is 24.0 Å². The van der Waals surface area contributed by atoms with Gasteiger partial charge >= 0.3 is 12.1 Å². The number of rotatable bonds is 2. The van der Waals surface area contributed by atoms with Crippen molar-refractivity contribution in [2.45, 2.75) is 45.3 Å². The Hall–Kier alpha value is -2.63. The molecule has 0 unspecified atom stereocenters. The lowest BCUT2D eigenvalue weighted by Gasteiger charge is -2.27. The number of cyclic esters (lactones) is 1. The van der Waals surface area contributed by atoms with E-state index < -0.39 is 17.7 Å². The van der Waals surface area contributed by atoms with Crippen molar-refractivity contribution in [1.82, 2.24) is 4.90 Å². The number of likely N-dealkylation sites (tertiary alicyclic amines) is 1. The predicted octanol–water partition coefficient (Wildman–Crippen LogP) is 3.38. The number of aliphatic imine (C=N–C) groups is 1. The molecule has 0 N–H and O–H groups in total. The van der Waals surface area contributed by atoms with Gasteiger partial charge < -0.3 is 9.47 Å². The lowest BCUT2D eigenvalue weighted by molar-refractivity contribution is -0.130. The van der Waals surface area contributed by atoms with E-state index in [-0.39, 0.29) is 17.6 Å². The van der Waals surface area contributed by atoms with Crippen LogP contribution < -0.4 is 0 Å². The summed E-state index contributed by atoms with van der Waals surface area (Å²) in [5.41, 5.74) is 0.545. The second kappa shape index (κ2) is 6.70. The van der Waals surface area contributed by atoms with Gasteiger partial charge in [-0.1, -0.05) is 30.3 Å². The lowest BCUT2D eigenvalue weighted by atomic mass is 10.2. The molecular formula is C19H22N2O4. The summed E-state index contributed by atoms with van der Waals surface area (Å²) in [6, 6.07) is 9.09. The number of esters is 1. The summed E-state index contributed by atoms with van der Waals surface area (Å²) in [7, 11) is 0. The van der Waals surface area contributed by atoms with Gasteiger partial charge in [-0.05, 0) is 45.3 Å². The smallest absolute Gasteiger partial charge is 0.410 e. The maximum Gasteiger partial charge on any atom is 0.410 e. The van der Waals surface area contributed by atoms with E-state index >= 15 is 0 Å². The molecule has 0 radical (unpaired) electrons. The summed E-state index contributed by atoms with van der Waals surface area (Å²) in [6.07, 6.45) is 2.79. The number of carbonyl (C=O) groups excluding carboxylic acids is 2. The number of ether oxygens (including phenoxy) is 2. The summed E-state index contributed by atoms with van der Waals surface area (Å²) in [4.78, 5) is 30.4.